The maximum absolute atomic E-state index is 11.3. The van der Waals surface area contributed by atoms with Gasteiger partial charge >= 0.3 is 6.09 Å². The van der Waals surface area contributed by atoms with Crippen LogP contribution in [0.4, 0.5) is 10.5 Å². The first-order chi connectivity index (χ1) is 14.6. The molecule has 0 spiro atoms. The number of anilines is 1. The second-order valence-corrected chi connectivity index (χ2v) is 6.95. The van der Waals surface area contributed by atoms with Crippen molar-refractivity contribution < 1.29 is 14.3 Å². The van der Waals surface area contributed by atoms with Gasteiger partial charge in [0.25, 0.3) is 0 Å². The smallest absolute Gasteiger partial charge is 0.411 e. The van der Waals surface area contributed by atoms with Gasteiger partial charge in [0.1, 0.15) is 12.4 Å². The number of nitrogens with zero attached hydrogens (tertiary/aromatic N) is 4. The van der Waals surface area contributed by atoms with Crippen LogP contribution in [0.15, 0.2) is 29.3 Å². The van der Waals surface area contributed by atoms with Crippen molar-refractivity contribution >= 4 is 41.7 Å². The molecular weight excluding hydrogens is 513 g/mol. The van der Waals surface area contributed by atoms with Crippen LogP contribution in [-0.2, 0) is 35.6 Å². The number of rotatable bonds is 7. The van der Waals surface area contributed by atoms with Gasteiger partial charge in [0.2, 0.25) is 0 Å². The minimum atomic E-state index is -0.489. The molecule has 3 N–H and O–H groups in total. The van der Waals surface area contributed by atoms with E-state index in [9.17, 15) is 4.79 Å². The molecule has 1 aliphatic rings. The number of benzene rings is 1. The highest BCUT2D eigenvalue weighted by Crippen LogP contribution is 2.14. The highest BCUT2D eigenvalue weighted by molar-refractivity contribution is 14.0. The molecule has 0 aliphatic carbocycles. The van der Waals surface area contributed by atoms with Gasteiger partial charge in [0.15, 0.2) is 11.8 Å². The fraction of sp³-hybridized carbons (Fsp3) is 0.500. The number of methoxy groups -OCH3 is 2. The van der Waals surface area contributed by atoms with Gasteiger partial charge in [-0.3, -0.25) is 5.32 Å². The number of fused-ring (bicyclic) bond motifs is 1. The van der Waals surface area contributed by atoms with Gasteiger partial charge < -0.3 is 20.1 Å². The van der Waals surface area contributed by atoms with E-state index in [4.69, 9.17) is 9.73 Å². The van der Waals surface area contributed by atoms with Crippen molar-refractivity contribution in [2.24, 2.45) is 4.99 Å². The molecule has 31 heavy (non-hydrogen) atoms. The maximum atomic E-state index is 11.3. The van der Waals surface area contributed by atoms with Crippen LogP contribution >= 0.6 is 24.0 Å². The van der Waals surface area contributed by atoms with Gasteiger partial charge in [-0.15, -0.1) is 24.0 Å². The van der Waals surface area contributed by atoms with Gasteiger partial charge in [-0.25, -0.2) is 19.5 Å². The number of aliphatic imine (C=N–C) groups is 1. The molecule has 1 aromatic carbocycles. The van der Waals surface area contributed by atoms with Gasteiger partial charge in [-0.1, -0.05) is 12.1 Å². The van der Waals surface area contributed by atoms with E-state index in [-0.39, 0.29) is 30.0 Å². The standard InChI is InChI=1S/C20H29N7O3.HI/c1-4-21-19(22-11-14-5-7-15(8-6-14)24-20(28)30-3)23-16-9-10-18-25-17(13-29-2)26-27(18)12-16;/h5-8,16H,4,9-13H2,1-3H3,(H,24,28)(H2,21,22,23);1H. The third kappa shape index (κ3) is 7.35. The third-order valence-electron chi connectivity index (χ3n) is 4.67. The van der Waals surface area contributed by atoms with Crippen LogP contribution in [0.25, 0.3) is 0 Å². The molecule has 2 heterocycles. The van der Waals surface area contributed by atoms with E-state index in [0.717, 1.165) is 49.1 Å². The van der Waals surface area contributed by atoms with Gasteiger partial charge in [0, 0.05) is 31.8 Å². The van der Waals surface area contributed by atoms with Crippen LogP contribution < -0.4 is 16.0 Å². The summed E-state index contributed by atoms with van der Waals surface area (Å²) in [6, 6.07) is 7.73. The highest BCUT2D eigenvalue weighted by Gasteiger charge is 2.22. The number of aromatic nitrogens is 3. The first-order valence-corrected chi connectivity index (χ1v) is 10.0. The molecule has 1 aromatic heterocycles. The number of nitrogens with one attached hydrogen (secondary N) is 3. The van der Waals surface area contributed by atoms with E-state index < -0.39 is 6.09 Å². The zero-order valence-corrected chi connectivity index (χ0v) is 20.4. The maximum Gasteiger partial charge on any atom is 0.411 e. The van der Waals surface area contributed by atoms with E-state index >= 15 is 0 Å². The van der Waals surface area contributed by atoms with E-state index in [0.29, 0.717) is 18.8 Å². The Morgan fingerprint density at radius 2 is 2.06 bits per heavy atom. The first-order valence-electron chi connectivity index (χ1n) is 10.0. The lowest BCUT2D eigenvalue weighted by atomic mass is 10.1. The Kier molecular flexibility index (Phi) is 9.98. The number of hydrogen-bond acceptors (Lipinski definition) is 6. The normalized spacial score (nSPS) is 15.5. The predicted molar refractivity (Wildman–Crippen MR) is 129 cm³/mol. The summed E-state index contributed by atoms with van der Waals surface area (Å²) < 4.78 is 11.7. The Bertz CT molecular complexity index is 870. The largest absolute Gasteiger partial charge is 0.453 e. The summed E-state index contributed by atoms with van der Waals surface area (Å²) in [4.78, 5) is 20.5. The zero-order valence-electron chi connectivity index (χ0n) is 18.1. The molecule has 170 valence electrons. The Labute approximate surface area is 199 Å². The van der Waals surface area contributed by atoms with E-state index in [1.165, 1.54) is 7.11 Å². The Balaban J connectivity index is 0.00000341. The molecule has 0 fully saturated rings. The summed E-state index contributed by atoms with van der Waals surface area (Å²) in [7, 11) is 2.98. The number of halogens is 1. The summed E-state index contributed by atoms with van der Waals surface area (Å²) in [5, 5.41) is 13.9. The second-order valence-electron chi connectivity index (χ2n) is 6.95. The van der Waals surface area contributed by atoms with Crippen LogP contribution in [0.2, 0.25) is 0 Å². The quantitative estimate of drug-likeness (QED) is 0.279. The Hall–Kier alpha value is -2.41. The molecule has 0 saturated heterocycles. The number of amides is 1. The minimum Gasteiger partial charge on any atom is -0.453 e. The van der Waals surface area contributed by atoms with Crippen molar-refractivity contribution in [2.45, 2.75) is 45.5 Å². The summed E-state index contributed by atoms with van der Waals surface area (Å²) in [5.41, 5.74) is 1.72. The molecule has 2 aromatic rings. The number of guanidine groups is 1. The average Bonchev–Trinajstić information content (AvgIpc) is 3.15. The molecule has 0 bridgehead atoms. The molecule has 1 aliphatic heterocycles. The fourth-order valence-corrected chi connectivity index (χ4v) is 3.21. The van der Waals surface area contributed by atoms with Crippen LogP contribution in [0.1, 0.15) is 30.6 Å². The summed E-state index contributed by atoms with van der Waals surface area (Å²) >= 11 is 0. The molecule has 0 saturated carbocycles. The van der Waals surface area contributed by atoms with Crippen molar-refractivity contribution in [3.05, 3.63) is 41.5 Å². The van der Waals surface area contributed by atoms with Crippen molar-refractivity contribution in [3.63, 3.8) is 0 Å². The number of carbonyl (C=O) groups excluding carboxylic acids is 1. The highest BCUT2D eigenvalue weighted by atomic mass is 127. The Morgan fingerprint density at radius 1 is 1.29 bits per heavy atom. The van der Waals surface area contributed by atoms with E-state index in [2.05, 4.69) is 30.8 Å². The van der Waals surface area contributed by atoms with Crippen molar-refractivity contribution in [3.8, 4) is 0 Å². The van der Waals surface area contributed by atoms with Crippen LogP contribution in [0.5, 0.6) is 0 Å². The molecule has 1 amide bonds. The van der Waals surface area contributed by atoms with Crippen molar-refractivity contribution in [2.75, 3.05) is 26.1 Å². The first kappa shape index (κ1) is 24.9. The zero-order chi connectivity index (χ0) is 21.3. The SMILES string of the molecule is CCNC(=NCc1ccc(NC(=O)OC)cc1)NC1CCc2nc(COC)nn2C1.I. The lowest BCUT2D eigenvalue weighted by Crippen LogP contribution is -2.47. The lowest BCUT2D eigenvalue weighted by molar-refractivity contribution is 0.177. The number of ether oxygens (including phenoxy) is 2. The van der Waals surface area contributed by atoms with Gasteiger partial charge in [-0.2, -0.15) is 5.10 Å². The molecule has 3 rings (SSSR count). The Morgan fingerprint density at radius 3 is 2.74 bits per heavy atom. The third-order valence-corrected chi connectivity index (χ3v) is 4.67. The summed E-state index contributed by atoms with van der Waals surface area (Å²) in [6.45, 7) is 4.50. The summed E-state index contributed by atoms with van der Waals surface area (Å²) in [6.07, 6.45) is 1.34. The predicted octanol–water partition coefficient (Wildman–Crippen LogP) is 2.29. The van der Waals surface area contributed by atoms with Crippen LogP contribution in [-0.4, -0.2) is 53.6 Å². The molecular formula is C20H30IN7O3. The monoisotopic (exact) mass is 543 g/mol. The molecule has 1 unspecified atom stereocenters. The van der Waals surface area contributed by atoms with Crippen LogP contribution in [0, 0.1) is 0 Å². The molecule has 11 heteroatoms. The number of aryl methyl sites for hydroxylation is 1. The van der Waals surface area contributed by atoms with Gasteiger partial charge in [0.05, 0.1) is 20.2 Å². The van der Waals surface area contributed by atoms with Gasteiger partial charge in [-0.05, 0) is 31.0 Å². The summed E-state index contributed by atoms with van der Waals surface area (Å²) in [5.74, 6) is 2.49. The fourth-order valence-electron chi connectivity index (χ4n) is 3.21. The topological polar surface area (TPSA) is 115 Å². The lowest BCUT2D eigenvalue weighted by Gasteiger charge is -2.25. The second kappa shape index (κ2) is 12.4. The average molecular weight is 543 g/mol. The van der Waals surface area contributed by atoms with E-state index in [1.807, 2.05) is 35.9 Å². The van der Waals surface area contributed by atoms with Crippen molar-refractivity contribution in [1.29, 1.82) is 0 Å². The molecule has 0 radical (unpaired) electrons. The van der Waals surface area contributed by atoms with Crippen LogP contribution in [0.3, 0.4) is 0 Å². The molecule has 10 nitrogen and oxygen atoms in total. The minimum absolute atomic E-state index is 0. The van der Waals surface area contributed by atoms with Crippen molar-refractivity contribution in [1.82, 2.24) is 25.4 Å². The number of carbonyl (C=O) groups is 1. The molecule has 1 atom stereocenters. The number of hydrogen-bond donors (Lipinski definition) is 3. The van der Waals surface area contributed by atoms with E-state index in [1.54, 1.807) is 7.11 Å².